The minimum atomic E-state index is -0.181. The van der Waals surface area contributed by atoms with Gasteiger partial charge in [0, 0.05) is 12.0 Å². The predicted molar refractivity (Wildman–Crippen MR) is 90.5 cm³/mol. The van der Waals surface area contributed by atoms with E-state index in [9.17, 15) is 4.79 Å². The maximum absolute atomic E-state index is 12.3. The van der Waals surface area contributed by atoms with E-state index in [-0.39, 0.29) is 24.2 Å². The Kier molecular flexibility index (Phi) is 4.93. The Balaban J connectivity index is 1.59. The van der Waals surface area contributed by atoms with E-state index in [1.807, 2.05) is 49.6 Å². The molecule has 2 heterocycles. The van der Waals surface area contributed by atoms with E-state index in [2.05, 4.69) is 15.6 Å². The van der Waals surface area contributed by atoms with Crippen molar-refractivity contribution in [3.05, 3.63) is 52.0 Å². The third kappa shape index (κ3) is 3.89. The first kappa shape index (κ1) is 16.0. The number of ether oxygens (including phenoxy) is 1. The molecule has 122 valence electrons. The zero-order valence-corrected chi connectivity index (χ0v) is 14.1. The lowest BCUT2D eigenvalue weighted by molar-refractivity contribution is 0.0998. The summed E-state index contributed by atoms with van der Waals surface area (Å²) < 4.78 is 5.79. The van der Waals surface area contributed by atoms with Gasteiger partial charge in [0.05, 0.1) is 22.8 Å². The van der Waals surface area contributed by atoms with Crippen molar-refractivity contribution in [3.8, 4) is 0 Å². The number of thiazole rings is 1. The molecule has 5 nitrogen and oxygen atoms in total. The molecule has 3 atom stereocenters. The van der Waals surface area contributed by atoms with Crippen molar-refractivity contribution in [2.24, 2.45) is 0 Å². The van der Waals surface area contributed by atoms with Gasteiger partial charge in [-0.2, -0.15) is 0 Å². The minimum Gasteiger partial charge on any atom is -0.371 e. The SMILES string of the molecule is Cc1nc([C@H](C)NC(=O)N[C@H]2CCO[C@H]2c2ccccc2)cs1. The highest BCUT2D eigenvalue weighted by atomic mass is 32.1. The Hall–Kier alpha value is -1.92. The monoisotopic (exact) mass is 331 g/mol. The average Bonchev–Trinajstić information content (AvgIpc) is 3.17. The Morgan fingerprint density at radius 2 is 2.17 bits per heavy atom. The number of urea groups is 1. The van der Waals surface area contributed by atoms with Crippen molar-refractivity contribution in [1.29, 1.82) is 0 Å². The lowest BCUT2D eigenvalue weighted by atomic mass is 10.0. The van der Waals surface area contributed by atoms with Gasteiger partial charge in [0.15, 0.2) is 0 Å². The first-order chi connectivity index (χ1) is 11.1. The quantitative estimate of drug-likeness (QED) is 0.903. The van der Waals surface area contributed by atoms with Gasteiger partial charge in [0.25, 0.3) is 0 Å². The van der Waals surface area contributed by atoms with Crippen LogP contribution >= 0.6 is 11.3 Å². The van der Waals surface area contributed by atoms with Crippen LogP contribution in [0.15, 0.2) is 35.7 Å². The number of carbonyl (C=O) groups excluding carboxylic acids is 1. The number of hydrogen-bond acceptors (Lipinski definition) is 4. The lowest BCUT2D eigenvalue weighted by Gasteiger charge is -2.21. The van der Waals surface area contributed by atoms with Crippen molar-refractivity contribution in [1.82, 2.24) is 15.6 Å². The summed E-state index contributed by atoms with van der Waals surface area (Å²) in [7, 11) is 0. The second kappa shape index (κ2) is 7.10. The molecule has 0 saturated carbocycles. The molecule has 2 amide bonds. The van der Waals surface area contributed by atoms with Gasteiger partial charge in [0.1, 0.15) is 6.10 Å². The number of rotatable bonds is 4. The Labute approximate surface area is 140 Å². The highest BCUT2D eigenvalue weighted by Crippen LogP contribution is 2.29. The van der Waals surface area contributed by atoms with Crippen LogP contribution in [0.25, 0.3) is 0 Å². The van der Waals surface area contributed by atoms with E-state index in [1.54, 1.807) is 11.3 Å². The van der Waals surface area contributed by atoms with Gasteiger partial charge in [0.2, 0.25) is 0 Å². The second-order valence-corrected chi connectivity index (χ2v) is 6.79. The van der Waals surface area contributed by atoms with Crippen LogP contribution in [0, 0.1) is 6.92 Å². The molecule has 1 aromatic heterocycles. The molecule has 0 radical (unpaired) electrons. The molecule has 0 spiro atoms. The lowest BCUT2D eigenvalue weighted by Crippen LogP contribution is -2.44. The highest BCUT2D eigenvalue weighted by Gasteiger charge is 2.31. The van der Waals surface area contributed by atoms with Crippen molar-refractivity contribution in [3.63, 3.8) is 0 Å². The Bertz CT molecular complexity index is 659. The number of carbonyl (C=O) groups is 1. The molecule has 2 aromatic rings. The number of aryl methyl sites for hydroxylation is 1. The molecular formula is C17H21N3O2S. The van der Waals surface area contributed by atoms with E-state index < -0.39 is 0 Å². The molecule has 6 heteroatoms. The van der Waals surface area contributed by atoms with Crippen LogP contribution in [0.1, 0.15) is 41.8 Å². The molecule has 0 bridgehead atoms. The summed E-state index contributed by atoms with van der Waals surface area (Å²) in [5.74, 6) is 0. The molecule has 1 saturated heterocycles. The predicted octanol–water partition coefficient (Wildman–Crippen LogP) is 3.34. The topological polar surface area (TPSA) is 63.2 Å². The van der Waals surface area contributed by atoms with Crippen molar-refractivity contribution >= 4 is 17.4 Å². The molecule has 1 aliphatic heterocycles. The fourth-order valence-corrected chi connectivity index (χ4v) is 3.47. The summed E-state index contributed by atoms with van der Waals surface area (Å²) in [6.45, 7) is 4.56. The fourth-order valence-electron chi connectivity index (χ4n) is 2.77. The van der Waals surface area contributed by atoms with Gasteiger partial charge in [-0.25, -0.2) is 9.78 Å². The molecule has 1 fully saturated rings. The number of aromatic nitrogens is 1. The van der Waals surface area contributed by atoms with Gasteiger partial charge in [-0.15, -0.1) is 11.3 Å². The van der Waals surface area contributed by atoms with Gasteiger partial charge in [-0.05, 0) is 25.8 Å². The van der Waals surface area contributed by atoms with Crippen LogP contribution in [0.3, 0.4) is 0 Å². The first-order valence-electron chi connectivity index (χ1n) is 7.79. The molecule has 0 unspecified atom stereocenters. The second-order valence-electron chi connectivity index (χ2n) is 5.73. The highest BCUT2D eigenvalue weighted by molar-refractivity contribution is 7.09. The van der Waals surface area contributed by atoms with Crippen molar-refractivity contribution in [2.75, 3.05) is 6.61 Å². The normalized spacial score (nSPS) is 21.8. The van der Waals surface area contributed by atoms with E-state index in [1.165, 1.54) is 0 Å². The summed E-state index contributed by atoms with van der Waals surface area (Å²) >= 11 is 1.59. The van der Waals surface area contributed by atoms with Crippen LogP contribution in [0.5, 0.6) is 0 Å². The zero-order chi connectivity index (χ0) is 16.2. The van der Waals surface area contributed by atoms with E-state index in [0.29, 0.717) is 6.61 Å². The smallest absolute Gasteiger partial charge is 0.315 e. The Morgan fingerprint density at radius 3 is 2.87 bits per heavy atom. The van der Waals surface area contributed by atoms with Crippen LogP contribution < -0.4 is 10.6 Å². The summed E-state index contributed by atoms with van der Waals surface area (Å²) in [6, 6.07) is 9.71. The fraction of sp³-hybridized carbons (Fsp3) is 0.412. The molecule has 3 rings (SSSR count). The number of amides is 2. The largest absolute Gasteiger partial charge is 0.371 e. The average molecular weight is 331 g/mol. The van der Waals surface area contributed by atoms with Crippen LogP contribution in [0.4, 0.5) is 4.79 Å². The van der Waals surface area contributed by atoms with Gasteiger partial charge < -0.3 is 15.4 Å². The summed E-state index contributed by atoms with van der Waals surface area (Å²) in [6.07, 6.45) is 0.732. The number of nitrogens with zero attached hydrogens (tertiary/aromatic N) is 1. The number of hydrogen-bond donors (Lipinski definition) is 2. The number of nitrogens with one attached hydrogen (secondary N) is 2. The van der Waals surface area contributed by atoms with E-state index in [4.69, 9.17) is 4.74 Å². The first-order valence-corrected chi connectivity index (χ1v) is 8.67. The maximum atomic E-state index is 12.3. The minimum absolute atomic E-state index is 0.0122. The summed E-state index contributed by atoms with van der Waals surface area (Å²) in [4.78, 5) is 16.7. The van der Waals surface area contributed by atoms with Crippen LogP contribution in [0.2, 0.25) is 0 Å². The van der Waals surface area contributed by atoms with Crippen LogP contribution in [-0.2, 0) is 4.74 Å². The third-order valence-electron chi connectivity index (χ3n) is 3.96. The molecular weight excluding hydrogens is 310 g/mol. The van der Waals surface area contributed by atoms with Gasteiger partial charge in [-0.3, -0.25) is 0 Å². The zero-order valence-electron chi connectivity index (χ0n) is 13.3. The van der Waals surface area contributed by atoms with Gasteiger partial charge >= 0.3 is 6.03 Å². The van der Waals surface area contributed by atoms with E-state index in [0.717, 1.165) is 22.7 Å². The summed E-state index contributed by atoms with van der Waals surface area (Å²) in [5.41, 5.74) is 1.99. The van der Waals surface area contributed by atoms with E-state index >= 15 is 0 Å². The Morgan fingerprint density at radius 1 is 1.39 bits per heavy atom. The molecule has 0 aliphatic carbocycles. The molecule has 1 aromatic carbocycles. The van der Waals surface area contributed by atoms with Crippen LogP contribution in [-0.4, -0.2) is 23.7 Å². The standard InChI is InChI=1S/C17H21N3O2S/c1-11(15-10-23-12(2)19-15)18-17(21)20-14-8-9-22-16(14)13-6-4-3-5-7-13/h3-7,10-11,14,16H,8-9H2,1-2H3,(H2,18,20,21)/t11-,14-,16-/m0/s1. The number of benzene rings is 1. The van der Waals surface area contributed by atoms with Crippen molar-refractivity contribution < 1.29 is 9.53 Å². The molecule has 1 aliphatic rings. The van der Waals surface area contributed by atoms with Gasteiger partial charge in [-0.1, -0.05) is 30.3 Å². The summed E-state index contributed by atoms with van der Waals surface area (Å²) in [5, 5.41) is 8.96. The maximum Gasteiger partial charge on any atom is 0.315 e. The third-order valence-corrected chi connectivity index (χ3v) is 4.76. The molecule has 2 N–H and O–H groups in total. The molecule has 23 heavy (non-hydrogen) atoms. The van der Waals surface area contributed by atoms with Crippen molar-refractivity contribution in [2.45, 2.75) is 38.5 Å².